The maximum atomic E-state index is 4.41. The maximum absolute atomic E-state index is 4.41. The van der Waals surface area contributed by atoms with Crippen molar-refractivity contribution >= 4 is 21.5 Å². The van der Waals surface area contributed by atoms with Gasteiger partial charge in [-0.15, -0.1) is 0 Å². The second kappa shape index (κ2) is 5.41. The Labute approximate surface area is 121 Å². The van der Waals surface area contributed by atoms with Crippen LogP contribution in [0.3, 0.4) is 0 Å². The molecule has 3 heteroatoms. The summed E-state index contributed by atoms with van der Waals surface area (Å²) in [5.41, 5.74) is 4.61. The third kappa shape index (κ3) is 2.76. The van der Waals surface area contributed by atoms with E-state index in [0.717, 1.165) is 22.3 Å². The maximum Gasteiger partial charge on any atom is 0.0702 e. The third-order valence-electron chi connectivity index (χ3n) is 3.03. The average Bonchev–Trinajstić information content (AvgIpc) is 2.48. The molecule has 0 unspecified atom stereocenters. The highest BCUT2D eigenvalue weighted by atomic mass is 79.9. The minimum Gasteiger partial charge on any atom is -0.387 e. The fourth-order valence-electron chi connectivity index (χ4n) is 2.11. The largest absolute Gasteiger partial charge is 0.387 e. The fraction of sp³-hybridized carbons (Fsp3) is 0.0625. The summed E-state index contributed by atoms with van der Waals surface area (Å²) >= 11 is 3.58. The number of hydrogen-bond donors (Lipinski definition) is 1. The normalized spacial score (nSPS) is 13.8. The van der Waals surface area contributed by atoms with Crippen molar-refractivity contribution in [2.24, 2.45) is 0 Å². The van der Waals surface area contributed by atoms with Crippen LogP contribution in [0.5, 0.6) is 0 Å². The van der Waals surface area contributed by atoms with Crippen molar-refractivity contribution in [3.63, 3.8) is 0 Å². The Morgan fingerprint density at radius 2 is 2.00 bits per heavy atom. The lowest BCUT2D eigenvalue weighted by Crippen LogP contribution is -2.11. The molecule has 0 fully saturated rings. The summed E-state index contributed by atoms with van der Waals surface area (Å²) in [6.07, 6.45) is 7.95. The molecule has 2 aromatic rings. The smallest absolute Gasteiger partial charge is 0.0702 e. The highest BCUT2D eigenvalue weighted by Crippen LogP contribution is 2.27. The molecule has 1 aromatic carbocycles. The number of rotatable bonds is 2. The summed E-state index contributed by atoms with van der Waals surface area (Å²) in [7, 11) is 0. The van der Waals surface area contributed by atoms with E-state index in [2.05, 4.69) is 50.5 Å². The first-order valence-corrected chi connectivity index (χ1v) is 6.94. The fourth-order valence-corrected chi connectivity index (χ4v) is 2.61. The minimum atomic E-state index is 0.856. The number of aromatic nitrogens is 1. The summed E-state index contributed by atoms with van der Waals surface area (Å²) in [5, 5.41) is 3.23. The van der Waals surface area contributed by atoms with Crippen molar-refractivity contribution in [2.75, 3.05) is 6.54 Å². The van der Waals surface area contributed by atoms with Gasteiger partial charge in [0.2, 0.25) is 0 Å². The molecule has 1 N–H and O–H groups in total. The van der Waals surface area contributed by atoms with Gasteiger partial charge >= 0.3 is 0 Å². The Kier molecular flexibility index (Phi) is 3.47. The van der Waals surface area contributed by atoms with Crippen LogP contribution in [0.15, 0.2) is 65.4 Å². The van der Waals surface area contributed by atoms with Crippen LogP contribution in [0.1, 0.15) is 5.56 Å². The Bertz CT molecular complexity index is 645. The zero-order valence-corrected chi connectivity index (χ0v) is 11.9. The van der Waals surface area contributed by atoms with E-state index in [1.165, 1.54) is 11.1 Å². The number of halogens is 1. The van der Waals surface area contributed by atoms with E-state index in [0.29, 0.717) is 0 Å². The molecule has 2 heterocycles. The van der Waals surface area contributed by atoms with Crippen molar-refractivity contribution in [3.05, 3.63) is 71.0 Å². The van der Waals surface area contributed by atoms with Gasteiger partial charge in [-0.2, -0.15) is 0 Å². The zero-order chi connectivity index (χ0) is 13.1. The molecule has 0 atom stereocenters. The van der Waals surface area contributed by atoms with Gasteiger partial charge in [-0.05, 0) is 53.7 Å². The molecule has 0 saturated heterocycles. The zero-order valence-electron chi connectivity index (χ0n) is 10.3. The van der Waals surface area contributed by atoms with Gasteiger partial charge in [-0.25, -0.2) is 0 Å². The molecule has 1 aromatic heterocycles. The Morgan fingerprint density at radius 3 is 2.74 bits per heavy atom. The van der Waals surface area contributed by atoms with Gasteiger partial charge in [0, 0.05) is 22.8 Å². The van der Waals surface area contributed by atoms with E-state index in [4.69, 9.17) is 0 Å². The van der Waals surface area contributed by atoms with Crippen molar-refractivity contribution in [2.45, 2.75) is 0 Å². The molecule has 19 heavy (non-hydrogen) atoms. The lowest BCUT2D eigenvalue weighted by molar-refractivity contribution is 0.986. The topological polar surface area (TPSA) is 24.9 Å². The van der Waals surface area contributed by atoms with Gasteiger partial charge < -0.3 is 5.32 Å². The molecule has 3 rings (SSSR count). The van der Waals surface area contributed by atoms with Crippen LogP contribution >= 0.6 is 15.9 Å². The second-order valence-electron chi connectivity index (χ2n) is 4.38. The molecule has 0 bridgehead atoms. The molecule has 1 aliphatic heterocycles. The van der Waals surface area contributed by atoms with Crippen LogP contribution in [-0.4, -0.2) is 11.5 Å². The lowest BCUT2D eigenvalue weighted by atomic mass is 10.0. The quantitative estimate of drug-likeness (QED) is 0.906. The summed E-state index contributed by atoms with van der Waals surface area (Å²) in [4.78, 5) is 4.41. The lowest BCUT2D eigenvalue weighted by Gasteiger charge is -2.13. The second-order valence-corrected chi connectivity index (χ2v) is 5.29. The predicted molar refractivity (Wildman–Crippen MR) is 82.5 cm³/mol. The summed E-state index contributed by atoms with van der Waals surface area (Å²) in [6, 6.07) is 12.4. The van der Waals surface area contributed by atoms with E-state index in [9.17, 15) is 0 Å². The number of pyridine rings is 1. The molecular weight excluding hydrogens is 300 g/mol. The number of hydrogen-bond acceptors (Lipinski definition) is 2. The SMILES string of the molecule is Brc1cc(C2=CC=CNC2)cc(-c2ccccn2)c1. The summed E-state index contributed by atoms with van der Waals surface area (Å²) in [5.74, 6) is 0. The van der Waals surface area contributed by atoms with Gasteiger partial charge in [-0.3, -0.25) is 4.98 Å². The Morgan fingerprint density at radius 1 is 1.11 bits per heavy atom. The number of nitrogens with zero attached hydrogens (tertiary/aromatic N) is 1. The van der Waals surface area contributed by atoms with Crippen molar-refractivity contribution in [3.8, 4) is 11.3 Å². The third-order valence-corrected chi connectivity index (χ3v) is 3.49. The van der Waals surface area contributed by atoms with Gasteiger partial charge in [0.25, 0.3) is 0 Å². The number of allylic oxidation sites excluding steroid dienone is 2. The van der Waals surface area contributed by atoms with E-state index >= 15 is 0 Å². The van der Waals surface area contributed by atoms with Crippen LogP contribution in [0.25, 0.3) is 16.8 Å². The van der Waals surface area contributed by atoms with Crippen molar-refractivity contribution in [1.29, 1.82) is 0 Å². The molecule has 0 aliphatic carbocycles. The minimum absolute atomic E-state index is 0.856. The highest BCUT2D eigenvalue weighted by Gasteiger charge is 2.07. The molecule has 0 saturated carbocycles. The molecule has 94 valence electrons. The van der Waals surface area contributed by atoms with E-state index in [1.54, 1.807) is 0 Å². The standard InChI is InChI=1S/C16H13BrN2/c17-15-9-13(12-4-3-6-18-11-12)8-14(10-15)16-5-1-2-7-19-16/h1-10,18H,11H2. The van der Waals surface area contributed by atoms with Crippen LogP contribution in [0.2, 0.25) is 0 Å². The predicted octanol–water partition coefficient (Wildman–Crippen LogP) is 4.01. The Hall–Kier alpha value is -1.87. The van der Waals surface area contributed by atoms with Gasteiger partial charge in [0.15, 0.2) is 0 Å². The van der Waals surface area contributed by atoms with Crippen LogP contribution in [0.4, 0.5) is 0 Å². The summed E-state index contributed by atoms with van der Waals surface area (Å²) in [6.45, 7) is 0.856. The molecule has 0 amide bonds. The number of benzene rings is 1. The van der Waals surface area contributed by atoms with Crippen LogP contribution in [-0.2, 0) is 0 Å². The van der Waals surface area contributed by atoms with E-state index in [1.807, 2.05) is 36.7 Å². The monoisotopic (exact) mass is 312 g/mol. The highest BCUT2D eigenvalue weighted by molar-refractivity contribution is 9.10. The molecule has 1 aliphatic rings. The van der Waals surface area contributed by atoms with Crippen molar-refractivity contribution in [1.82, 2.24) is 10.3 Å². The number of nitrogens with one attached hydrogen (secondary N) is 1. The van der Waals surface area contributed by atoms with E-state index < -0.39 is 0 Å². The molecule has 2 nitrogen and oxygen atoms in total. The van der Waals surface area contributed by atoms with Crippen LogP contribution < -0.4 is 5.32 Å². The van der Waals surface area contributed by atoms with Crippen molar-refractivity contribution < 1.29 is 0 Å². The summed E-state index contributed by atoms with van der Waals surface area (Å²) < 4.78 is 1.07. The van der Waals surface area contributed by atoms with Crippen LogP contribution in [0, 0.1) is 0 Å². The first-order valence-electron chi connectivity index (χ1n) is 6.14. The average molecular weight is 313 g/mol. The molecule has 0 radical (unpaired) electrons. The van der Waals surface area contributed by atoms with Gasteiger partial charge in [-0.1, -0.05) is 28.1 Å². The van der Waals surface area contributed by atoms with Gasteiger partial charge in [0.1, 0.15) is 0 Å². The first-order chi connectivity index (χ1) is 9.33. The van der Waals surface area contributed by atoms with Gasteiger partial charge in [0.05, 0.1) is 5.69 Å². The first kappa shape index (κ1) is 12.2. The number of dihydropyridines is 1. The molecular formula is C16H13BrN2. The molecule has 0 spiro atoms. The van der Waals surface area contributed by atoms with E-state index in [-0.39, 0.29) is 0 Å². The Balaban J connectivity index is 2.06.